The number of amides is 1. The Balaban J connectivity index is 5.02. The second kappa shape index (κ2) is 4.08. The van der Waals surface area contributed by atoms with Gasteiger partial charge in [0, 0.05) is 0 Å². The summed E-state index contributed by atoms with van der Waals surface area (Å²) in [5.74, 6) is -0.281. The fourth-order valence-corrected chi connectivity index (χ4v) is 1.00. The molecule has 0 bridgehead atoms. The second-order valence-electron chi connectivity index (χ2n) is 3.69. The van der Waals surface area contributed by atoms with Crippen LogP contribution in [-0.2, 0) is 4.79 Å². The van der Waals surface area contributed by atoms with Crippen LogP contribution < -0.4 is 5.73 Å². The van der Waals surface area contributed by atoms with E-state index in [1.807, 2.05) is 26.0 Å². The third kappa shape index (κ3) is 2.59. The molecule has 0 aromatic heterocycles. The smallest absolute Gasteiger partial charge is 0.241 e. The molecule has 0 aromatic carbocycles. The SMILES string of the molecule is C/C(=C\C(C)C)[C@](C)(C#N)C(N)=O. The molecule has 0 aromatic rings. The van der Waals surface area contributed by atoms with Gasteiger partial charge in [0.05, 0.1) is 6.07 Å². The molecule has 2 N–H and O–H groups in total. The number of carbonyl (C=O) groups is 1. The summed E-state index contributed by atoms with van der Waals surface area (Å²) in [6, 6.07) is 1.94. The predicted molar refractivity (Wildman–Crippen MR) is 51.5 cm³/mol. The zero-order valence-corrected chi connectivity index (χ0v) is 8.59. The van der Waals surface area contributed by atoms with E-state index in [0.29, 0.717) is 5.92 Å². The van der Waals surface area contributed by atoms with Gasteiger partial charge in [0.2, 0.25) is 5.91 Å². The highest BCUT2D eigenvalue weighted by atomic mass is 16.1. The molecule has 13 heavy (non-hydrogen) atoms. The molecule has 0 aliphatic carbocycles. The van der Waals surface area contributed by atoms with E-state index in [9.17, 15) is 4.79 Å². The van der Waals surface area contributed by atoms with Crippen molar-refractivity contribution < 1.29 is 4.79 Å². The highest BCUT2D eigenvalue weighted by Crippen LogP contribution is 2.26. The van der Waals surface area contributed by atoms with E-state index in [-0.39, 0.29) is 0 Å². The van der Waals surface area contributed by atoms with Crippen LogP contribution in [0.5, 0.6) is 0 Å². The lowest BCUT2D eigenvalue weighted by Crippen LogP contribution is -2.34. The number of rotatable bonds is 3. The van der Waals surface area contributed by atoms with Crippen LogP contribution in [0.3, 0.4) is 0 Å². The van der Waals surface area contributed by atoms with Crippen molar-refractivity contribution in [2.24, 2.45) is 17.1 Å². The molecule has 72 valence electrons. The van der Waals surface area contributed by atoms with Crippen LogP contribution in [0.25, 0.3) is 0 Å². The van der Waals surface area contributed by atoms with Crippen molar-refractivity contribution in [3.63, 3.8) is 0 Å². The van der Waals surface area contributed by atoms with E-state index >= 15 is 0 Å². The number of nitrogens with zero attached hydrogens (tertiary/aromatic N) is 1. The Morgan fingerprint density at radius 1 is 1.62 bits per heavy atom. The Morgan fingerprint density at radius 3 is 2.31 bits per heavy atom. The minimum atomic E-state index is -1.16. The largest absolute Gasteiger partial charge is 0.368 e. The summed E-state index contributed by atoms with van der Waals surface area (Å²) < 4.78 is 0. The number of carbonyl (C=O) groups excluding carboxylic acids is 1. The number of allylic oxidation sites excluding steroid dienone is 1. The molecule has 1 atom stereocenters. The molecular formula is C10H16N2O. The van der Waals surface area contributed by atoms with Gasteiger partial charge in [-0.2, -0.15) is 5.26 Å². The van der Waals surface area contributed by atoms with Crippen LogP contribution in [0.1, 0.15) is 27.7 Å². The van der Waals surface area contributed by atoms with Gasteiger partial charge < -0.3 is 5.73 Å². The van der Waals surface area contributed by atoms with Crippen molar-refractivity contribution >= 4 is 5.91 Å². The number of primary amides is 1. The van der Waals surface area contributed by atoms with E-state index in [0.717, 1.165) is 5.57 Å². The first-order valence-corrected chi connectivity index (χ1v) is 4.24. The zero-order chi connectivity index (χ0) is 10.6. The van der Waals surface area contributed by atoms with Gasteiger partial charge in [0.15, 0.2) is 5.41 Å². The summed E-state index contributed by atoms with van der Waals surface area (Å²) >= 11 is 0. The second-order valence-corrected chi connectivity index (χ2v) is 3.69. The minimum absolute atomic E-state index is 0.312. The lowest BCUT2D eigenvalue weighted by Gasteiger charge is -2.18. The molecule has 3 heteroatoms. The zero-order valence-electron chi connectivity index (χ0n) is 8.59. The maximum absolute atomic E-state index is 11.0. The van der Waals surface area contributed by atoms with E-state index in [1.165, 1.54) is 0 Å². The van der Waals surface area contributed by atoms with Crippen LogP contribution in [0.15, 0.2) is 11.6 Å². The summed E-state index contributed by atoms with van der Waals surface area (Å²) in [5.41, 5.74) is 4.71. The van der Waals surface area contributed by atoms with E-state index in [4.69, 9.17) is 11.0 Å². The van der Waals surface area contributed by atoms with Gasteiger partial charge in [0.25, 0.3) is 0 Å². The predicted octanol–water partition coefficient (Wildman–Crippen LogP) is 1.60. The lowest BCUT2D eigenvalue weighted by atomic mass is 9.82. The van der Waals surface area contributed by atoms with Crippen LogP contribution in [-0.4, -0.2) is 5.91 Å². The Bertz CT molecular complexity index is 273. The van der Waals surface area contributed by atoms with Gasteiger partial charge in [-0.3, -0.25) is 4.79 Å². The monoisotopic (exact) mass is 180 g/mol. The average molecular weight is 180 g/mol. The first-order chi connectivity index (χ1) is 5.84. The Labute approximate surface area is 79.2 Å². The van der Waals surface area contributed by atoms with Crippen LogP contribution in [0.4, 0.5) is 0 Å². The summed E-state index contributed by atoms with van der Waals surface area (Å²) in [6.07, 6.45) is 1.88. The van der Waals surface area contributed by atoms with Crippen molar-refractivity contribution in [2.45, 2.75) is 27.7 Å². The molecule has 0 radical (unpaired) electrons. The highest BCUT2D eigenvalue weighted by Gasteiger charge is 2.32. The van der Waals surface area contributed by atoms with E-state index in [2.05, 4.69) is 0 Å². The number of hydrogen-bond donors (Lipinski definition) is 1. The molecule has 0 rings (SSSR count). The molecule has 0 heterocycles. The maximum Gasteiger partial charge on any atom is 0.241 e. The van der Waals surface area contributed by atoms with Crippen molar-refractivity contribution in [2.75, 3.05) is 0 Å². The lowest BCUT2D eigenvalue weighted by molar-refractivity contribution is -0.122. The quantitative estimate of drug-likeness (QED) is 0.670. The van der Waals surface area contributed by atoms with Gasteiger partial charge in [-0.1, -0.05) is 19.9 Å². The molecule has 0 saturated heterocycles. The molecule has 0 aliphatic rings. The molecule has 0 aliphatic heterocycles. The third-order valence-corrected chi connectivity index (χ3v) is 2.09. The first-order valence-electron chi connectivity index (χ1n) is 4.24. The van der Waals surface area contributed by atoms with Crippen LogP contribution >= 0.6 is 0 Å². The molecule has 0 unspecified atom stereocenters. The van der Waals surface area contributed by atoms with Gasteiger partial charge in [-0.15, -0.1) is 0 Å². The van der Waals surface area contributed by atoms with Gasteiger partial charge >= 0.3 is 0 Å². The number of nitrogens with two attached hydrogens (primary N) is 1. The van der Waals surface area contributed by atoms with Gasteiger partial charge in [0.1, 0.15) is 0 Å². The molecular weight excluding hydrogens is 164 g/mol. The summed E-state index contributed by atoms with van der Waals surface area (Å²) in [7, 11) is 0. The number of hydrogen-bond acceptors (Lipinski definition) is 2. The Hall–Kier alpha value is -1.30. The summed E-state index contributed by atoms with van der Waals surface area (Å²) in [5, 5.41) is 8.85. The average Bonchev–Trinajstić information content (AvgIpc) is 2.01. The number of nitriles is 1. The Morgan fingerprint density at radius 2 is 2.08 bits per heavy atom. The molecule has 3 nitrogen and oxygen atoms in total. The third-order valence-electron chi connectivity index (χ3n) is 2.09. The van der Waals surface area contributed by atoms with Crippen LogP contribution in [0.2, 0.25) is 0 Å². The topological polar surface area (TPSA) is 66.9 Å². The fraction of sp³-hybridized carbons (Fsp3) is 0.600. The molecule has 0 fully saturated rings. The van der Waals surface area contributed by atoms with Crippen LogP contribution in [0, 0.1) is 22.7 Å². The van der Waals surface area contributed by atoms with Crippen molar-refractivity contribution in [1.29, 1.82) is 5.26 Å². The standard InChI is InChI=1S/C10H16N2O/c1-7(2)5-8(3)10(4,6-11)9(12)13/h5,7H,1-4H3,(H2,12,13)/b8-5+/t10-/m0/s1. The van der Waals surface area contributed by atoms with Crippen molar-refractivity contribution in [3.8, 4) is 6.07 Å². The first kappa shape index (κ1) is 11.7. The summed E-state index contributed by atoms with van der Waals surface area (Å²) in [4.78, 5) is 11.0. The van der Waals surface area contributed by atoms with Crippen molar-refractivity contribution in [3.05, 3.63) is 11.6 Å². The molecule has 0 spiro atoms. The van der Waals surface area contributed by atoms with Crippen molar-refractivity contribution in [1.82, 2.24) is 0 Å². The Kier molecular flexibility index (Phi) is 3.68. The fourth-order valence-electron chi connectivity index (χ4n) is 1.00. The highest BCUT2D eigenvalue weighted by molar-refractivity contribution is 5.86. The molecule has 0 saturated carbocycles. The normalized spacial score (nSPS) is 16.5. The minimum Gasteiger partial charge on any atom is -0.368 e. The van der Waals surface area contributed by atoms with E-state index in [1.54, 1.807) is 13.8 Å². The summed E-state index contributed by atoms with van der Waals surface area (Å²) in [6.45, 7) is 7.28. The molecule has 1 amide bonds. The van der Waals surface area contributed by atoms with E-state index < -0.39 is 11.3 Å². The van der Waals surface area contributed by atoms with Gasteiger partial charge in [-0.05, 0) is 25.3 Å². The maximum atomic E-state index is 11.0. The van der Waals surface area contributed by atoms with Gasteiger partial charge in [-0.25, -0.2) is 0 Å².